The standard InChI is InChI=1S/C10H22O4.2C9H18.C8H16.C8H18.C2H6/c1-5-11-9(12-6-2)10(13-7-3)14-8-4;1-7-4-8(2)6-9(3)5-7;1-7-4-5-8(2)9(3)6-7;1-5-6(2)8(4)7(5)3;1-6(2)8(5)7(3)4;1-2/h9-10H,5-8H2,1-4H3;2*7-9H,4-6H2,1-3H3;5-8H,1-4H3;6-8H,1-5H3;1-2H3. The topological polar surface area (TPSA) is 36.9 Å². The molecule has 3 aliphatic rings. The fourth-order valence-electron chi connectivity index (χ4n) is 7.77. The summed E-state index contributed by atoms with van der Waals surface area (Å²) in [5.41, 5.74) is 0. The SMILES string of the molecule is CC.CC(C)C(C)C(C)C.CC1C(C)C(C)C1C.CC1CC(C)CC(C)C1.CC1CCC(C)C(C)C1.CCOC(OCC)C(OCC)OCC. The third kappa shape index (κ3) is 25.0. The minimum atomic E-state index is -0.426. The summed E-state index contributed by atoms with van der Waals surface area (Å²) in [6, 6.07) is 0. The van der Waals surface area contributed by atoms with E-state index >= 15 is 0 Å². The molecule has 3 rings (SSSR count). The largest absolute Gasteiger partial charge is 0.348 e. The van der Waals surface area contributed by atoms with Crippen LogP contribution in [0.5, 0.6) is 0 Å². The summed E-state index contributed by atoms with van der Waals surface area (Å²) in [5, 5.41) is 0. The van der Waals surface area contributed by atoms with Crippen molar-refractivity contribution in [2.75, 3.05) is 26.4 Å². The molecule has 306 valence electrons. The zero-order valence-electron chi connectivity index (χ0n) is 38.4. The fraction of sp³-hybridized carbons (Fsp3) is 1.00. The second-order valence-electron chi connectivity index (χ2n) is 17.2. The molecular weight excluding hydrogens is 617 g/mol. The quantitative estimate of drug-likeness (QED) is 0.200. The maximum Gasteiger partial charge on any atom is 0.209 e. The van der Waals surface area contributed by atoms with Gasteiger partial charge >= 0.3 is 0 Å². The lowest BCUT2D eigenvalue weighted by molar-refractivity contribution is -0.281. The Balaban J connectivity index is -0.000000554. The van der Waals surface area contributed by atoms with Crippen LogP contribution < -0.4 is 0 Å². The summed E-state index contributed by atoms with van der Waals surface area (Å²) in [5.74, 6) is 12.4. The van der Waals surface area contributed by atoms with Crippen molar-refractivity contribution in [2.24, 2.45) is 76.9 Å². The van der Waals surface area contributed by atoms with Crippen molar-refractivity contribution in [2.45, 2.75) is 197 Å². The van der Waals surface area contributed by atoms with Crippen molar-refractivity contribution in [3.05, 3.63) is 0 Å². The maximum atomic E-state index is 5.38. The van der Waals surface area contributed by atoms with Crippen LogP contribution in [-0.4, -0.2) is 39.0 Å². The third-order valence-corrected chi connectivity index (χ3v) is 12.2. The smallest absolute Gasteiger partial charge is 0.209 e. The Hall–Kier alpha value is -0.160. The first-order chi connectivity index (χ1) is 23.4. The number of rotatable bonds is 11. The molecule has 0 bridgehead atoms. The number of hydrogen-bond acceptors (Lipinski definition) is 4. The van der Waals surface area contributed by atoms with Crippen LogP contribution in [0.25, 0.3) is 0 Å². The predicted molar refractivity (Wildman–Crippen MR) is 224 cm³/mol. The summed E-state index contributed by atoms with van der Waals surface area (Å²) in [6.07, 6.45) is 7.92. The Morgan fingerprint density at radius 3 is 0.860 bits per heavy atom. The van der Waals surface area contributed by atoms with E-state index in [0.29, 0.717) is 26.4 Å². The zero-order chi connectivity index (χ0) is 39.6. The molecule has 4 nitrogen and oxygen atoms in total. The van der Waals surface area contributed by atoms with Gasteiger partial charge in [-0.05, 0) is 130 Å². The minimum Gasteiger partial charge on any atom is -0.348 e. The molecule has 0 heterocycles. The molecule has 0 aliphatic heterocycles. The normalized spacial score (nSPS) is 30.4. The number of hydrogen-bond donors (Lipinski definition) is 0. The fourth-order valence-corrected chi connectivity index (χ4v) is 7.77. The van der Waals surface area contributed by atoms with Crippen LogP contribution in [-0.2, 0) is 18.9 Å². The zero-order valence-corrected chi connectivity index (χ0v) is 38.4. The van der Waals surface area contributed by atoms with E-state index in [-0.39, 0.29) is 0 Å². The molecule has 50 heavy (non-hydrogen) atoms. The van der Waals surface area contributed by atoms with Crippen LogP contribution in [0.15, 0.2) is 0 Å². The summed E-state index contributed by atoms with van der Waals surface area (Å²) >= 11 is 0. The van der Waals surface area contributed by atoms with Gasteiger partial charge in [0.25, 0.3) is 0 Å². The highest BCUT2D eigenvalue weighted by Gasteiger charge is 2.38. The van der Waals surface area contributed by atoms with E-state index < -0.39 is 12.6 Å². The van der Waals surface area contributed by atoms with Crippen LogP contribution in [0.1, 0.15) is 184 Å². The molecule has 3 saturated carbocycles. The first kappa shape index (κ1) is 54.2. The van der Waals surface area contributed by atoms with Crippen LogP contribution in [0.2, 0.25) is 0 Å². The Morgan fingerprint density at radius 1 is 0.400 bits per heavy atom. The molecule has 3 unspecified atom stereocenters. The molecule has 0 radical (unpaired) electrons. The van der Waals surface area contributed by atoms with Gasteiger partial charge in [-0.25, -0.2) is 0 Å². The molecule has 0 amide bonds. The molecule has 3 atom stereocenters. The van der Waals surface area contributed by atoms with Crippen molar-refractivity contribution in [1.29, 1.82) is 0 Å². The van der Waals surface area contributed by atoms with E-state index in [1.54, 1.807) is 0 Å². The molecule has 3 aliphatic carbocycles. The van der Waals surface area contributed by atoms with E-state index in [2.05, 4.69) is 104 Å². The van der Waals surface area contributed by atoms with E-state index in [4.69, 9.17) is 18.9 Å². The second-order valence-corrected chi connectivity index (χ2v) is 17.2. The van der Waals surface area contributed by atoms with Crippen LogP contribution >= 0.6 is 0 Å². The first-order valence-corrected chi connectivity index (χ1v) is 21.8. The average molecular weight is 715 g/mol. The van der Waals surface area contributed by atoms with E-state index in [1.807, 2.05) is 41.5 Å². The van der Waals surface area contributed by atoms with Gasteiger partial charge in [0.15, 0.2) is 0 Å². The van der Waals surface area contributed by atoms with E-state index in [9.17, 15) is 0 Å². The highest BCUT2D eigenvalue weighted by Crippen LogP contribution is 2.44. The number of ether oxygens (including phenoxy) is 4. The lowest BCUT2D eigenvalue weighted by Gasteiger charge is -2.45. The van der Waals surface area contributed by atoms with Gasteiger partial charge in [-0.3, -0.25) is 0 Å². The van der Waals surface area contributed by atoms with Gasteiger partial charge in [0.2, 0.25) is 12.6 Å². The molecule has 0 aromatic carbocycles. The van der Waals surface area contributed by atoms with Gasteiger partial charge in [-0.2, -0.15) is 0 Å². The van der Waals surface area contributed by atoms with Crippen LogP contribution in [0.4, 0.5) is 0 Å². The van der Waals surface area contributed by atoms with Crippen LogP contribution in [0.3, 0.4) is 0 Å². The predicted octanol–water partition coefficient (Wildman–Crippen LogP) is 14.4. The summed E-state index contributed by atoms with van der Waals surface area (Å²) in [7, 11) is 0. The molecular formula is C46H98O4. The van der Waals surface area contributed by atoms with Crippen molar-refractivity contribution in [3.63, 3.8) is 0 Å². The minimum absolute atomic E-state index is 0.426. The highest BCUT2D eigenvalue weighted by molar-refractivity contribution is 4.86. The first-order valence-electron chi connectivity index (χ1n) is 21.8. The average Bonchev–Trinajstić information content (AvgIpc) is 3.06. The van der Waals surface area contributed by atoms with Crippen molar-refractivity contribution in [1.82, 2.24) is 0 Å². The van der Waals surface area contributed by atoms with Gasteiger partial charge in [-0.1, -0.05) is 131 Å². The van der Waals surface area contributed by atoms with Crippen LogP contribution in [0, 0.1) is 76.9 Å². The molecule has 0 aromatic heterocycles. The molecule has 4 heteroatoms. The Bertz CT molecular complexity index is 619. The third-order valence-electron chi connectivity index (χ3n) is 12.2. The Kier molecular flexibility index (Phi) is 35.0. The van der Waals surface area contributed by atoms with Gasteiger partial charge in [0, 0.05) is 26.4 Å². The lowest BCUT2D eigenvalue weighted by Crippen LogP contribution is -2.39. The van der Waals surface area contributed by atoms with E-state index in [1.165, 1.54) is 38.5 Å². The molecule has 0 N–H and O–H groups in total. The molecule has 0 saturated heterocycles. The lowest BCUT2D eigenvalue weighted by atomic mass is 9.60. The molecule has 0 spiro atoms. The van der Waals surface area contributed by atoms with Gasteiger partial charge in [-0.15, -0.1) is 0 Å². The van der Waals surface area contributed by atoms with Crippen molar-refractivity contribution in [3.8, 4) is 0 Å². The monoisotopic (exact) mass is 715 g/mol. The Morgan fingerprint density at radius 2 is 0.680 bits per heavy atom. The molecule has 0 aromatic rings. The van der Waals surface area contributed by atoms with Gasteiger partial charge in [0.05, 0.1) is 0 Å². The summed E-state index contributed by atoms with van der Waals surface area (Å²) in [6.45, 7) is 49.2. The maximum absolute atomic E-state index is 5.38. The summed E-state index contributed by atoms with van der Waals surface area (Å²) < 4.78 is 21.5. The van der Waals surface area contributed by atoms with E-state index in [0.717, 1.165) is 76.9 Å². The second kappa shape index (κ2) is 32.3. The highest BCUT2D eigenvalue weighted by atomic mass is 16.8. The summed E-state index contributed by atoms with van der Waals surface area (Å²) in [4.78, 5) is 0. The van der Waals surface area contributed by atoms with Crippen molar-refractivity contribution < 1.29 is 18.9 Å². The van der Waals surface area contributed by atoms with Crippen molar-refractivity contribution >= 4 is 0 Å². The Labute approximate surface area is 318 Å². The van der Waals surface area contributed by atoms with Gasteiger partial charge < -0.3 is 18.9 Å². The van der Waals surface area contributed by atoms with Gasteiger partial charge in [0.1, 0.15) is 0 Å². The molecule has 3 fully saturated rings.